The molecule has 2 heterocycles. The van der Waals surface area contributed by atoms with E-state index in [1.165, 1.54) is 0 Å². The molecule has 0 bridgehead atoms. The minimum atomic E-state index is -0.511. The smallest absolute Gasteiger partial charge is 0.363 e. The van der Waals surface area contributed by atoms with Crippen molar-refractivity contribution in [3.63, 3.8) is 0 Å². The minimum Gasteiger partial charge on any atom is -0.457 e. The Morgan fingerprint density at radius 1 is 1.00 bits per heavy atom. The Morgan fingerprint density at radius 3 is 2.58 bits per heavy atom. The molecule has 4 nitrogen and oxygen atoms in total. The van der Waals surface area contributed by atoms with E-state index in [1.807, 2.05) is 48.5 Å². The summed E-state index contributed by atoms with van der Waals surface area (Å²) in [6.45, 7) is 0. The van der Waals surface area contributed by atoms with E-state index in [2.05, 4.69) is 20.9 Å². The largest absolute Gasteiger partial charge is 0.457 e. The number of rotatable bonds is 3. The van der Waals surface area contributed by atoms with Crippen molar-refractivity contribution in [2.45, 2.75) is 0 Å². The van der Waals surface area contributed by atoms with Gasteiger partial charge in [0.2, 0.25) is 5.90 Å². The van der Waals surface area contributed by atoms with E-state index in [4.69, 9.17) is 20.8 Å². The second kappa shape index (κ2) is 6.94. The van der Waals surface area contributed by atoms with E-state index in [0.29, 0.717) is 16.5 Å². The number of hydrogen-bond acceptors (Lipinski definition) is 4. The summed E-state index contributed by atoms with van der Waals surface area (Å²) < 4.78 is 12.0. The Labute approximate surface area is 162 Å². The zero-order valence-electron chi connectivity index (χ0n) is 13.3. The standard InChI is InChI=1S/C20H11BrClNO3/c21-14-6-4-12(5-7-14)19-23-17(20(24)26-19)11-16-8-9-18(25-16)13-2-1-3-15(22)10-13/h1-11H/b17-11-. The van der Waals surface area contributed by atoms with Gasteiger partial charge < -0.3 is 9.15 Å². The molecule has 2 aromatic carbocycles. The van der Waals surface area contributed by atoms with E-state index in [0.717, 1.165) is 15.6 Å². The Hall–Kier alpha value is -2.63. The number of furan rings is 1. The van der Waals surface area contributed by atoms with Crippen LogP contribution in [0.5, 0.6) is 0 Å². The van der Waals surface area contributed by atoms with Crippen molar-refractivity contribution in [1.82, 2.24) is 0 Å². The maximum absolute atomic E-state index is 12.1. The molecular formula is C20H11BrClNO3. The molecule has 3 aromatic rings. The van der Waals surface area contributed by atoms with Gasteiger partial charge in [0.25, 0.3) is 0 Å². The first-order valence-electron chi connectivity index (χ1n) is 7.73. The first kappa shape index (κ1) is 16.8. The number of aliphatic imine (C=N–C) groups is 1. The lowest BCUT2D eigenvalue weighted by Gasteiger charge is -1.98. The van der Waals surface area contributed by atoms with Gasteiger partial charge >= 0.3 is 5.97 Å². The van der Waals surface area contributed by atoms with Crippen LogP contribution in [-0.2, 0) is 9.53 Å². The van der Waals surface area contributed by atoms with Crippen molar-refractivity contribution in [2.24, 2.45) is 4.99 Å². The third kappa shape index (κ3) is 3.49. The number of nitrogens with zero attached hydrogens (tertiary/aromatic N) is 1. The second-order valence-corrected chi connectivity index (χ2v) is 6.91. The fourth-order valence-corrected chi connectivity index (χ4v) is 2.94. The van der Waals surface area contributed by atoms with Crippen molar-refractivity contribution in [3.8, 4) is 11.3 Å². The Balaban J connectivity index is 1.62. The molecule has 6 heteroatoms. The SMILES string of the molecule is O=C1OC(c2ccc(Br)cc2)=N/C1=C\c1ccc(-c2cccc(Cl)c2)o1. The van der Waals surface area contributed by atoms with Crippen molar-refractivity contribution in [3.05, 3.63) is 87.2 Å². The molecule has 0 aliphatic carbocycles. The second-order valence-electron chi connectivity index (χ2n) is 5.56. The lowest BCUT2D eigenvalue weighted by Crippen LogP contribution is -2.05. The van der Waals surface area contributed by atoms with Crippen LogP contribution in [0.2, 0.25) is 5.02 Å². The van der Waals surface area contributed by atoms with Gasteiger partial charge in [0.05, 0.1) is 0 Å². The van der Waals surface area contributed by atoms with E-state index >= 15 is 0 Å². The average Bonchev–Trinajstić information content (AvgIpc) is 3.23. The fourth-order valence-electron chi connectivity index (χ4n) is 2.49. The Bertz CT molecular complexity index is 1050. The monoisotopic (exact) mass is 427 g/mol. The van der Waals surface area contributed by atoms with Gasteiger partial charge in [-0.2, -0.15) is 0 Å². The molecule has 0 N–H and O–H groups in total. The molecule has 0 spiro atoms. The highest BCUT2D eigenvalue weighted by atomic mass is 79.9. The lowest BCUT2D eigenvalue weighted by molar-refractivity contribution is -0.129. The van der Waals surface area contributed by atoms with Crippen LogP contribution in [0, 0.1) is 0 Å². The third-order valence-corrected chi connectivity index (χ3v) is 4.49. The Kier molecular flexibility index (Phi) is 4.49. The van der Waals surface area contributed by atoms with E-state index in [-0.39, 0.29) is 11.6 Å². The van der Waals surface area contributed by atoms with Crippen molar-refractivity contribution in [1.29, 1.82) is 0 Å². The fraction of sp³-hybridized carbons (Fsp3) is 0. The summed E-state index contributed by atoms with van der Waals surface area (Å²) in [5, 5.41) is 0.627. The van der Waals surface area contributed by atoms with Gasteiger partial charge in [0.1, 0.15) is 11.5 Å². The van der Waals surface area contributed by atoms with E-state index in [1.54, 1.807) is 18.2 Å². The van der Waals surface area contributed by atoms with Gasteiger partial charge in [-0.15, -0.1) is 0 Å². The number of halogens is 2. The Morgan fingerprint density at radius 2 is 1.81 bits per heavy atom. The van der Waals surface area contributed by atoms with Gasteiger partial charge in [0, 0.05) is 26.7 Å². The summed E-state index contributed by atoms with van der Waals surface area (Å²) in [5.74, 6) is 0.926. The van der Waals surface area contributed by atoms with Crippen LogP contribution in [0.15, 0.2) is 80.2 Å². The van der Waals surface area contributed by atoms with Gasteiger partial charge in [-0.25, -0.2) is 9.79 Å². The van der Waals surface area contributed by atoms with Crippen LogP contribution in [0.3, 0.4) is 0 Å². The van der Waals surface area contributed by atoms with Crippen molar-refractivity contribution < 1.29 is 13.9 Å². The lowest BCUT2D eigenvalue weighted by atomic mass is 10.2. The van der Waals surface area contributed by atoms with Crippen LogP contribution in [0.4, 0.5) is 0 Å². The zero-order valence-corrected chi connectivity index (χ0v) is 15.6. The molecule has 0 fully saturated rings. The average molecular weight is 429 g/mol. The predicted octanol–water partition coefficient (Wildman–Crippen LogP) is 5.71. The molecule has 0 unspecified atom stereocenters. The van der Waals surface area contributed by atoms with Crippen LogP contribution in [0.25, 0.3) is 17.4 Å². The molecule has 128 valence electrons. The molecule has 1 aliphatic rings. The normalized spacial score (nSPS) is 15.2. The number of cyclic esters (lactones) is 1. The van der Waals surface area contributed by atoms with E-state index < -0.39 is 5.97 Å². The summed E-state index contributed by atoms with van der Waals surface area (Å²) in [6, 6.07) is 18.3. The molecule has 1 aromatic heterocycles. The maximum Gasteiger partial charge on any atom is 0.363 e. The molecule has 26 heavy (non-hydrogen) atoms. The molecule has 0 saturated heterocycles. The summed E-state index contributed by atoms with van der Waals surface area (Å²) in [4.78, 5) is 16.3. The van der Waals surface area contributed by atoms with Crippen LogP contribution >= 0.6 is 27.5 Å². The highest BCUT2D eigenvalue weighted by Gasteiger charge is 2.24. The summed E-state index contributed by atoms with van der Waals surface area (Å²) in [7, 11) is 0. The maximum atomic E-state index is 12.1. The molecule has 0 saturated carbocycles. The summed E-state index contributed by atoms with van der Waals surface area (Å²) >= 11 is 9.37. The van der Waals surface area contributed by atoms with E-state index in [9.17, 15) is 4.79 Å². The highest BCUT2D eigenvalue weighted by molar-refractivity contribution is 9.10. The zero-order chi connectivity index (χ0) is 18.1. The molecule has 0 amide bonds. The molecule has 1 aliphatic heterocycles. The van der Waals surface area contributed by atoms with Crippen LogP contribution in [-0.4, -0.2) is 11.9 Å². The van der Waals surface area contributed by atoms with Crippen LogP contribution in [0.1, 0.15) is 11.3 Å². The predicted molar refractivity (Wildman–Crippen MR) is 104 cm³/mol. The van der Waals surface area contributed by atoms with Gasteiger partial charge in [-0.3, -0.25) is 0 Å². The van der Waals surface area contributed by atoms with Gasteiger partial charge in [0.15, 0.2) is 5.70 Å². The summed E-state index contributed by atoms with van der Waals surface area (Å²) in [6.07, 6.45) is 1.56. The van der Waals surface area contributed by atoms with Crippen LogP contribution < -0.4 is 0 Å². The first-order chi connectivity index (χ1) is 12.6. The molecule has 0 atom stereocenters. The number of carbonyl (C=O) groups is 1. The van der Waals surface area contributed by atoms with Crippen molar-refractivity contribution in [2.75, 3.05) is 0 Å². The first-order valence-corrected chi connectivity index (χ1v) is 8.90. The number of hydrogen-bond donors (Lipinski definition) is 0. The molecular weight excluding hydrogens is 418 g/mol. The summed E-state index contributed by atoms with van der Waals surface area (Å²) in [5.41, 5.74) is 1.77. The van der Waals surface area contributed by atoms with Crippen molar-refractivity contribution >= 4 is 45.5 Å². The highest BCUT2D eigenvalue weighted by Crippen LogP contribution is 2.27. The number of benzene rings is 2. The number of esters is 1. The number of carbonyl (C=O) groups excluding carboxylic acids is 1. The topological polar surface area (TPSA) is 51.8 Å². The third-order valence-electron chi connectivity index (χ3n) is 3.73. The molecule has 0 radical (unpaired) electrons. The van der Waals surface area contributed by atoms with Gasteiger partial charge in [-0.05, 0) is 48.5 Å². The molecule has 4 rings (SSSR count). The number of ether oxygens (including phenoxy) is 1. The minimum absolute atomic E-state index is 0.190. The van der Waals surface area contributed by atoms with Gasteiger partial charge in [-0.1, -0.05) is 39.7 Å². The quantitative estimate of drug-likeness (QED) is 0.397.